The zero-order chi connectivity index (χ0) is 14.1. The lowest BCUT2D eigenvalue weighted by Crippen LogP contribution is -2.13. The molecule has 1 amide bonds. The summed E-state index contributed by atoms with van der Waals surface area (Å²) >= 11 is 3.45. The van der Waals surface area contributed by atoms with Crippen LogP contribution in [0.1, 0.15) is 10.5 Å². The number of thiazole rings is 1. The highest BCUT2D eigenvalue weighted by Crippen LogP contribution is 2.29. The smallest absolute Gasteiger partial charge is 0.276 e. The van der Waals surface area contributed by atoms with E-state index in [4.69, 9.17) is 4.74 Å². The van der Waals surface area contributed by atoms with Crippen LogP contribution in [0.3, 0.4) is 0 Å². The lowest BCUT2D eigenvalue weighted by atomic mass is 10.3. The second-order valence-corrected chi connectivity index (χ2v) is 6.09. The number of hydrogen-bond acceptors (Lipinski definition) is 5. The number of hydrogen-bond donors (Lipinski definition) is 2. The van der Waals surface area contributed by atoms with E-state index in [-0.39, 0.29) is 5.91 Å². The number of nitrogens with zero attached hydrogens (tertiary/aromatic N) is 2. The van der Waals surface area contributed by atoms with E-state index in [1.807, 2.05) is 40.8 Å². The molecule has 0 fully saturated rings. The van der Waals surface area contributed by atoms with Crippen LogP contribution in [-0.2, 0) is 0 Å². The molecule has 102 valence electrons. The molecular formula is C12H9IN4O2S. The number of nitrogens with one attached hydrogen (secondary N) is 2. The second kappa shape index (κ2) is 5.37. The number of amides is 1. The molecule has 2 heterocycles. The van der Waals surface area contributed by atoms with Gasteiger partial charge < -0.3 is 4.74 Å². The van der Waals surface area contributed by atoms with Crippen LogP contribution in [0.5, 0.6) is 5.75 Å². The molecule has 0 saturated heterocycles. The van der Waals surface area contributed by atoms with Crippen LogP contribution < -0.4 is 10.1 Å². The highest BCUT2D eigenvalue weighted by atomic mass is 127. The summed E-state index contributed by atoms with van der Waals surface area (Å²) in [6.45, 7) is 0. The van der Waals surface area contributed by atoms with Gasteiger partial charge in [-0.3, -0.25) is 15.2 Å². The molecule has 0 aliphatic carbocycles. The monoisotopic (exact) mass is 400 g/mol. The molecule has 0 saturated carbocycles. The van der Waals surface area contributed by atoms with Crippen molar-refractivity contribution in [2.45, 2.75) is 0 Å². The van der Waals surface area contributed by atoms with Crippen LogP contribution in [-0.4, -0.2) is 28.2 Å². The number of methoxy groups -OCH3 is 1. The Morgan fingerprint density at radius 1 is 1.50 bits per heavy atom. The van der Waals surface area contributed by atoms with Crippen molar-refractivity contribution < 1.29 is 9.53 Å². The third-order valence-corrected chi connectivity index (χ3v) is 4.39. The summed E-state index contributed by atoms with van der Waals surface area (Å²) in [6, 6.07) is 5.59. The van der Waals surface area contributed by atoms with Crippen molar-refractivity contribution >= 4 is 55.2 Å². The number of benzene rings is 1. The van der Waals surface area contributed by atoms with Crippen LogP contribution in [0, 0.1) is 3.57 Å². The van der Waals surface area contributed by atoms with E-state index in [2.05, 4.69) is 20.5 Å². The van der Waals surface area contributed by atoms with Crippen molar-refractivity contribution in [3.63, 3.8) is 0 Å². The van der Waals surface area contributed by atoms with E-state index in [9.17, 15) is 4.79 Å². The molecule has 6 nitrogen and oxygen atoms in total. The van der Waals surface area contributed by atoms with E-state index in [1.54, 1.807) is 13.3 Å². The minimum Gasteiger partial charge on any atom is -0.497 e. The van der Waals surface area contributed by atoms with Gasteiger partial charge in [0.2, 0.25) is 0 Å². The molecule has 8 heteroatoms. The van der Waals surface area contributed by atoms with E-state index in [1.165, 1.54) is 11.3 Å². The molecule has 0 aliphatic rings. The van der Waals surface area contributed by atoms with Crippen molar-refractivity contribution in [2.24, 2.45) is 0 Å². The highest BCUT2D eigenvalue weighted by Gasteiger charge is 2.14. The van der Waals surface area contributed by atoms with E-state index < -0.39 is 0 Å². The summed E-state index contributed by atoms with van der Waals surface area (Å²) in [7, 11) is 1.62. The fourth-order valence-corrected chi connectivity index (χ4v) is 3.07. The largest absolute Gasteiger partial charge is 0.497 e. The predicted octanol–water partition coefficient (Wildman–Crippen LogP) is 2.88. The summed E-state index contributed by atoms with van der Waals surface area (Å²) in [4.78, 5) is 16.4. The number of H-pyrrole nitrogens is 1. The number of carbonyl (C=O) groups is 1. The Labute approximate surface area is 131 Å². The Kier molecular flexibility index (Phi) is 3.57. The number of rotatable bonds is 3. The molecule has 0 radical (unpaired) electrons. The van der Waals surface area contributed by atoms with Crippen LogP contribution in [0.25, 0.3) is 10.2 Å². The average molecular weight is 400 g/mol. The molecule has 0 aliphatic heterocycles. The van der Waals surface area contributed by atoms with Crippen LogP contribution in [0.2, 0.25) is 0 Å². The molecule has 0 unspecified atom stereocenters. The first-order chi connectivity index (χ1) is 9.67. The van der Waals surface area contributed by atoms with Gasteiger partial charge in [0.05, 0.1) is 27.1 Å². The summed E-state index contributed by atoms with van der Waals surface area (Å²) in [5, 5.41) is 9.80. The van der Waals surface area contributed by atoms with Crippen LogP contribution in [0.4, 0.5) is 5.13 Å². The number of anilines is 1. The Balaban J connectivity index is 1.88. The minimum absolute atomic E-state index is 0.252. The van der Waals surface area contributed by atoms with Gasteiger partial charge in [0.25, 0.3) is 5.91 Å². The van der Waals surface area contributed by atoms with Crippen molar-refractivity contribution in [3.05, 3.63) is 33.7 Å². The summed E-state index contributed by atoms with van der Waals surface area (Å²) in [5.41, 5.74) is 1.26. The first kappa shape index (κ1) is 13.3. The van der Waals surface area contributed by atoms with Gasteiger partial charge in [-0.15, -0.1) is 0 Å². The Morgan fingerprint density at radius 3 is 3.05 bits per heavy atom. The molecular weight excluding hydrogens is 391 g/mol. The number of carbonyl (C=O) groups excluding carboxylic acids is 1. The lowest BCUT2D eigenvalue weighted by molar-refractivity contribution is 0.102. The van der Waals surface area contributed by atoms with Gasteiger partial charge in [0.15, 0.2) is 5.13 Å². The van der Waals surface area contributed by atoms with Crippen molar-refractivity contribution in [1.29, 1.82) is 0 Å². The first-order valence-corrected chi connectivity index (χ1v) is 7.51. The zero-order valence-electron chi connectivity index (χ0n) is 10.3. The quantitative estimate of drug-likeness (QED) is 0.663. The maximum Gasteiger partial charge on any atom is 0.276 e. The minimum atomic E-state index is -0.252. The van der Waals surface area contributed by atoms with Gasteiger partial charge in [0.1, 0.15) is 11.4 Å². The van der Waals surface area contributed by atoms with E-state index in [0.29, 0.717) is 10.8 Å². The maximum absolute atomic E-state index is 12.1. The maximum atomic E-state index is 12.1. The van der Waals surface area contributed by atoms with Gasteiger partial charge in [-0.25, -0.2) is 4.98 Å². The Bertz CT molecular complexity index is 783. The summed E-state index contributed by atoms with van der Waals surface area (Å²) in [6.07, 6.45) is 1.60. The van der Waals surface area contributed by atoms with Crippen molar-refractivity contribution in [1.82, 2.24) is 15.2 Å². The van der Waals surface area contributed by atoms with Gasteiger partial charge >= 0.3 is 0 Å². The standard InChI is InChI=1S/C12H9IN4O2S/c1-19-6-2-3-8-9(4-6)20-12(15-8)16-11(18)10-7(13)5-14-17-10/h2-5H,1H3,(H,14,17)(H,15,16,18). The molecule has 0 bridgehead atoms. The molecule has 0 atom stereocenters. The first-order valence-electron chi connectivity index (χ1n) is 5.62. The number of aromatic nitrogens is 3. The van der Waals surface area contributed by atoms with Gasteiger partial charge in [-0.05, 0) is 40.8 Å². The predicted molar refractivity (Wildman–Crippen MR) is 85.4 cm³/mol. The second-order valence-electron chi connectivity index (χ2n) is 3.90. The third-order valence-electron chi connectivity index (χ3n) is 2.64. The number of halogens is 1. The molecule has 3 aromatic rings. The van der Waals surface area contributed by atoms with Gasteiger partial charge in [-0.2, -0.15) is 5.10 Å². The fraction of sp³-hybridized carbons (Fsp3) is 0.0833. The van der Waals surface area contributed by atoms with Gasteiger partial charge in [0, 0.05) is 0 Å². The Hall–Kier alpha value is -1.68. The highest BCUT2D eigenvalue weighted by molar-refractivity contribution is 14.1. The van der Waals surface area contributed by atoms with Gasteiger partial charge in [-0.1, -0.05) is 11.3 Å². The molecule has 3 rings (SSSR count). The molecule has 0 spiro atoms. The Morgan fingerprint density at radius 2 is 2.35 bits per heavy atom. The topological polar surface area (TPSA) is 79.9 Å². The van der Waals surface area contributed by atoms with Crippen molar-refractivity contribution in [3.8, 4) is 5.75 Å². The zero-order valence-corrected chi connectivity index (χ0v) is 13.3. The van der Waals surface area contributed by atoms with E-state index in [0.717, 1.165) is 19.5 Å². The third kappa shape index (κ3) is 2.48. The summed E-state index contributed by atoms with van der Waals surface area (Å²) < 4.78 is 6.89. The van der Waals surface area contributed by atoms with Crippen LogP contribution >= 0.6 is 33.9 Å². The number of fused-ring (bicyclic) bond motifs is 1. The fourth-order valence-electron chi connectivity index (χ4n) is 1.68. The van der Waals surface area contributed by atoms with E-state index >= 15 is 0 Å². The van der Waals surface area contributed by atoms with Crippen molar-refractivity contribution in [2.75, 3.05) is 12.4 Å². The summed E-state index contributed by atoms with van der Waals surface area (Å²) in [5.74, 6) is 0.514. The molecule has 20 heavy (non-hydrogen) atoms. The molecule has 2 aromatic heterocycles. The normalized spacial score (nSPS) is 10.7. The number of ether oxygens (including phenoxy) is 1. The SMILES string of the molecule is COc1ccc2nc(NC(=O)c3[nH]ncc3I)sc2c1. The lowest BCUT2D eigenvalue weighted by Gasteiger charge is -1.98. The number of aromatic amines is 1. The molecule has 2 N–H and O–H groups in total. The molecule has 1 aromatic carbocycles. The van der Waals surface area contributed by atoms with Crippen LogP contribution in [0.15, 0.2) is 24.4 Å². The average Bonchev–Trinajstić information content (AvgIpc) is 3.03.